The van der Waals surface area contributed by atoms with Crippen molar-refractivity contribution in [3.05, 3.63) is 35.4 Å². The fraction of sp³-hybridized carbons (Fsp3) is 0.696. The van der Waals surface area contributed by atoms with Crippen LogP contribution in [0.4, 0.5) is 0 Å². The van der Waals surface area contributed by atoms with Crippen LogP contribution in [0.5, 0.6) is 0 Å². The number of guanidine groups is 1. The van der Waals surface area contributed by atoms with Crippen LogP contribution >= 0.6 is 0 Å². The molecule has 6 heteroatoms. The number of nitrogens with zero attached hydrogens (tertiary/aromatic N) is 3. The number of hydrogen-bond acceptors (Lipinski definition) is 4. The molecule has 2 heterocycles. The summed E-state index contributed by atoms with van der Waals surface area (Å²) >= 11 is 0. The summed E-state index contributed by atoms with van der Waals surface area (Å²) in [5, 5.41) is 7.07. The summed E-state index contributed by atoms with van der Waals surface area (Å²) in [5.41, 5.74) is 2.73. The molecule has 29 heavy (non-hydrogen) atoms. The van der Waals surface area contributed by atoms with E-state index in [0.717, 1.165) is 57.8 Å². The lowest BCUT2D eigenvalue weighted by molar-refractivity contribution is 0.0341. The second-order valence-corrected chi connectivity index (χ2v) is 8.25. The molecule has 6 nitrogen and oxygen atoms in total. The monoisotopic (exact) mass is 401 g/mol. The summed E-state index contributed by atoms with van der Waals surface area (Å²) in [6.45, 7) is 12.5. The Labute approximate surface area is 176 Å². The minimum atomic E-state index is 0.746. The Hall–Kier alpha value is -1.63. The minimum absolute atomic E-state index is 0.746. The molecule has 2 N–H and O–H groups in total. The summed E-state index contributed by atoms with van der Waals surface area (Å²) < 4.78 is 5.48. The molecule has 0 aliphatic carbocycles. The molecular weight excluding hydrogens is 362 g/mol. The van der Waals surface area contributed by atoms with Gasteiger partial charge in [-0.15, -0.1) is 0 Å². The zero-order valence-electron chi connectivity index (χ0n) is 18.3. The van der Waals surface area contributed by atoms with Gasteiger partial charge in [0, 0.05) is 39.8 Å². The first-order valence-corrected chi connectivity index (χ1v) is 11.3. The van der Waals surface area contributed by atoms with E-state index >= 15 is 0 Å². The van der Waals surface area contributed by atoms with Gasteiger partial charge in [0.2, 0.25) is 0 Å². The number of ether oxygens (including phenoxy) is 1. The molecule has 162 valence electrons. The SMILES string of the molecule is CCCN1CCC(CNC(=NC)NCc2ccccc2CN2CCOCC2)CC1. The van der Waals surface area contributed by atoms with Gasteiger partial charge in [0.25, 0.3) is 0 Å². The van der Waals surface area contributed by atoms with Gasteiger partial charge in [-0.25, -0.2) is 0 Å². The zero-order valence-corrected chi connectivity index (χ0v) is 18.3. The number of hydrogen-bond donors (Lipinski definition) is 2. The van der Waals surface area contributed by atoms with Crippen LogP contribution in [-0.2, 0) is 17.8 Å². The first-order chi connectivity index (χ1) is 14.3. The van der Waals surface area contributed by atoms with Gasteiger partial charge in [0.15, 0.2) is 5.96 Å². The van der Waals surface area contributed by atoms with Crippen molar-refractivity contribution in [2.45, 2.75) is 39.3 Å². The Morgan fingerprint density at radius 2 is 1.76 bits per heavy atom. The van der Waals surface area contributed by atoms with E-state index in [9.17, 15) is 0 Å². The Morgan fingerprint density at radius 3 is 2.45 bits per heavy atom. The summed E-state index contributed by atoms with van der Waals surface area (Å²) in [6, 6.07) is 8.73. The van der Waals surface area contributed by atoms with Gasteiger partial charge in [-0.2, -0.15) is 0 Å². The van der Waals surface area contributed by atoms with E-state index in [1.807, 2.05) is 7.05 Å². The lowest BCUT2D eigenvalue weighted by Gasteiger charge is -2.32. The van der Waals surface area contributed by atoms with Gasteiger partial charge in [-0.05, 0) is 55.9 Å². The predicted molar refractivity (Wildman–Crippen MR) is 120 cm³/mol. The molecular formula is C23H39N5O. The topological polar surface area (TPSA) is 52.1 Å². The smallest absolute Gasteiger partial charge is 0.191 e. The Morgan fingerprint density at radius 1 is 1.03 bits per heavy atom. The normalized spacial score (nSPS) is 20.0. The molecule has 0 saturated carbocycles. The molecule has 0 atom stereocenters. The Kier molecular flexibility index (Phi) is 9.25. The average molecular weight is 402 g/mol. The number of morpholine rings is 1. The van der Waals surface area contributed by atoms with Crippen molar-refractivity contribution in [1.82, 2.24) is 20.4 Å². The molecule has 2 aliphatic heterocycles. The molecule has 1 aromatic rings. The summed E-state index contributed by atoms with van der Waals surface area (Å²) in [5.74, 6) is 1.65. The quantitative estimate of drug-likeness (QED) is 0.517. The van der Waals surface area contributed by atoms with Crippen LogP contribution in [0, 0.1) is 5.92 Å². The van der Waals surface area contributed by atoms with E-state index in [1.54, 1.807) is 0 Å². The number of piperidine rings is 1. The maximum atomic E-state index is 5.48. The number of nitrogens with one attached hydrogen (secondary N) is 2. The second-order valence-electron chi connectivity index (χ2n) is 8.25. The highest BCUT2D eigenvalue weighted by molar-refractivity contribution is 5.79. The highest BCUT2D eigenvalue weighted by Crippen LogP contribution is 2.16. The predicted octanol–water partition coefficient (Wildman–Crippen LogP) is 2.31. The molecule has 0 radical (unpaired) electrons. The average Bonchev–Trinajstić information content (AvgIpc) is 2.77. The number of rotatable bonds is 8. The van der Waals surface area contributed by atoms with E-state index in [4.69, 9.17) is 4.74 Å². The molecule has 2 aliphatic rings. The third kappa shape index (κ3) is 7.28. The molecule has 1 aromatic carbocycles. The van der Waals surface area contributed by atoms with Crippen molar-refractivity contribution in [1.29, 1.82) is 0 Å². The second kappa shape index (κ2) is 12.2. The third-order valence-electron chi connectivity index (χ3n) is 6.09. The van der Waals surface area contributed by atoms with Crippen molar-refractivity contribution in [2.75, 3.05) is 59.5 Å². The van der Waals surface area contributed by atoms with Gasteiger partial charge in [0.1, 0.15) is 0 Å². The standard InChI is InChI=1S/C23H39N5O/c1-3-10-27-11-8-20(9-12-27)17-25-23(24-2)26-18-21-6-4-5-7-22(21)19-28-13-15-29-16-14-28/h4-7,20H,3,8-19H2,1-2H3,(H2,24,25,26). The van der Waals surface area contributed by atoms with E-state index < -0.39 is 0 Å². The highest BCUT2D eigenvalue weighted by Gasteiger charge is 2.18. The molecule has 2 saturated heterocycles. The van der Waals surface area contributed by atoms with Gasteiger partial charge in [-0.3, -0.25) is 9.89 Å². The Balaban J connectivity index is 1.43. The first-order valence-electron chi connectivity index (χ1n) is 11.3. The van der Waals surface area contributed by atoms with Crippen LogP contribution in [0.3, 0.4) is 0 Å². The summed E-state index contributed by atoms with van der Waals surface area (Å²) in [7, 11) is 1.86. The summed E-state index contributed by atoms with van der Waals surface area (Å²) in [6.07, 6.45) is 3.82. The maximum absolute atomic E-state index is 5.48. The Bertz CT molecular complexity index is 621. The van der Waals surface area contributed by atoms with Crippen LogP contribution in [0.25, 0.3) is 0 Å². The minimum Gasteiger partial charge on any atom is -0.379 e. The van der Waals surface area contributed by atoms with E-state index in [-0.39, 0.29) is 0 Å². The first kappa shape index (κ1) is 22.1. The van der Waals surface area contributed by atoms with Gasteiger partial charge >= 0.3 is 0 Å². The lowest BCUT2D eigenvalue weighted by atomic mass is 9.97. The van der Waals surface area contributed by atoms with E-state index in [2.05, 4.69) is 56.6 Å². The summed E-state index contributed by atoms with van der Waals surface area (Å²) in [4.78, 5) is 9.50. The lowest BCUT2D eigenvalue weighted by Crippen LogP contribution is -2.42. The van der Waals surface area contributed by atoms with Crippen LogP contribution in [-0.4, -0.2) is 75.3 Å². The largest absolute Gasteiger partial charge is 0.379 e. The van der Waals surface area contributed by atoms with E-state index in [1.165, 1.54) is 50.0 Å². The molecule has 0 spiro atoms. The molecule has 2 fully saturated rings. The maximum Gasteiger partial charge on any atom is 0.191 e. The van der Waals surface area contributed by atoms with Crippen molar-refractivity contribution in [3.63, 3.8) is 0 Å². The molecule has 0 aromatic heterocycles. The van der Waals surface area contributed by atoms with Crippen molar-refractivity contribution in [3.8, 4) is 0 Å². The van der Waals surface area contributed by atoms with Crippen LogP contribution in [0.1, 0.15) is 37.3 Å². The van der Waals surface area contributed by atoms with E-state index in [0.29, 0.717) is 0 Å². The third-order valence-corrected chi connectivity index (χ3v) is 6.09. The molecule has 0 bridgehead atoms. The van der Waals surface area contributed by atoms with Crippen molar-refractivity contribution < 1.29 is 4.74 Å². The molecule has 0 unspecified atom stereocenters. The van der Waals surface area contributed by atoms with Crippen molar-refractivity contribution >= 4 is 5.96 Å². The number of likely N-dealkylation sites (tertiary alicyclic amines) is 1. The van der Waals surface area contributed by atoms with Crippen LogP contribution in [0.15, 0.2) is 29.3 Å². The van der Waals surface area contributed by atoms with Crippen molar-refractivity contribution in [2.24, 2.45) is 10.9 Å². The number of benzene rings is 1. The van der Waals surface area contributed by atoms with Crippen LogP contribution < -0.4 is 10.6 Å². The zero-order chi connectivity index (χ0) is 20.3. The molecule has 0 amide bonds. The van der Waals surface area contributed by atoms with Gasteiger partial charge < -0.3 is 20.3 Å². The molecule has 3 rings (SSSR count). The van der Waals surface area contributed by atoms with Gasteiger partial charge in [-0.1, -0.05) is 31.2 Å². The fourth-order valence-electron chi connectivity index (χ4n) is 4.26. The van der Waals surface area contributed by atoms with Crippen LogP contribution in [0.2, 0.25) is 0 Å². The fourth-order valence-corrected chi connectivity index (χ4v) is 4.26. The highest BCUT2D eigenvalue weighted by atomic mass is 16.5. The number of aliphatic imine (C=N–C) groups is 1. The van der Waals surface area contributed by atoms with Gasteiger partial charge in [0.05, 0.1) is 13.2 Å².